The van der Waals surface area contributed by atoms with E-state index in [1.54, 1.807) is 17.8 Å². The largest absolute Gasteiger partial charge is 0.326 e. The van der Waals surface area contributed by atoms with Gasteiger partial charge in [0.2, 0.25) is 0 Å². The Morgan fingerprint density at radius 1 is 1.17 bits per heavy atom. The van der Waals surface area contributed by atoms with Gasteiger partial charge in [-0.15, -0.1) is 11.8 Å². The second-order valence-corrected chi connectivity index (χ2v) is 5.26. The second-order valence-electron chi connectivity index (χ2n) is 4.21. The molecule has 0 bridgehead atoms. The summed E-state index contributed by atoms with van der Waals surface area (Å²) in [6.45, 7) is 2.50. The van der Waals surface area contributed by atoms with E-state index in [-0.39, 0.29) is 5.82 Å². The van der Waals surface area contributed by atoms with Crippen LogP contribution in [0.5, 0.6) is 0 Å². The molecule has 0 saturated carbocycles. The molecule has 2 N–H and O–H groups in total. The summed E-state index contributed by atoms with van der Waals surface area (Å²) in [5.74, 6) is 0.673. The van der Waals surface area contributed by atoms with Gasteiger partial charge in [-0.2, -0.15) is 0 Å². The molecule has 0 unspecified atom stereocenters. The lowest BCUT2D eigenvalue weighted by Gasteiger charge is -2.07. The maximum Gasteiger partial charge on any atom is 0.123 e. The zero-order valence-corrected chi connectivity index (χ0v) is 11.1. The predicted molar refractivity (Wildman–Crippen MR) is 75.0 cm³/mol. The van der Waals surface area contributed by atoms with E-state index in [0.29, 0.717) is 6.54 Å². The molecule has 3 heteroatoms. The monoisotopic (exact) mass is 261 g/mol. The van der Waals surface area contributed by atoms with Crippen LogP contribution in [0.1, 0.15) is 16.7 Å². The number of nitrogens with two attached hydrogens (primary N) is 1. The zero-order valence-electron chi connectivity index (χ0n) is 10.3. The van der Waals surface area contributed by atoms with Gasteiger partial charge in [-0.25, -0.2) is 4.39 Å². The summed E-state index contributed by atoms with van der Waals surface area (Å²) in [6, 6.07) is 13.2. The van der Waals surface area contributed by atoms with Crippen LogP contribution >= 0.6 is 11.8 Å². The number of hydrogen-bond acceptors (Lipinski definition) is 2. The number of hydrogen-bond donors (Lipinski definition) is 1. The molecule has 0 saturated heterocycles. The average Bonchev–Trinajstić information content (AvgIpc) is 2.38. The fraction of sp³-hybridized carbons (Fsp3) is 0.200. The lowest BCUT2D eigenvalue weighted by atomic mass is 10.1. The number of thioether (sulfide) groups is 1. The van der Waals surface area contributed by atoms with Crippen molar-refractivity contribution in [2.45, 2.75) is 24.1 Å². The smallest absolute Gasteiger partial charge is 0.123 e. The van der Waals surface area contributed by atoms with E-state index < -0.39 is 0 Å². The molecule has 0 spiro atoms. The maximum atomic E-state index is 13.0. The zero-order chi connectivity index (χ0) is 13.0. The highest BCUT2D eigenvalue weighted by molar-refractivity contribution is 7.98. The Labute approximate surface area is 111 Å². The van der Waals surface area contributed by atoms with E-state index in [9.17, 15) is 4.39 Å². The van der Waals surface area contributed by atoms with Gasteiger partial charge in [-0.1, -0.05) is 18.2 Å². The highest BCUT2D eigenvalue weighted by Gasteiger charge is 2.02. The molecule has 2 rings (SSSR count). The molecule has 0 aromatic heterocycles. The molecule has 0 atom stereocenters. The van der Waals surface area contributed by atoms with E-state index >= 15 is 0 Å². The summed E-state index contributed by atoms with van der Waals surface area (Å²) >= 11 is 1.75. The summed E-state index contributed by atoms with van der Waals surface area (Å²) in [6.07, 6.45) is 0. The Kier molecular flexibility index (Phi) is 4.39. The van der Waals surface area contributed by atoms with Gasteiger partial charge in [0.15, 0.2) is 0 Å². The first-order valence-corrected chi connectivity index (χ1v) is 6.84. The topological polar surface area (TPSA) is 26.0 Å². The average molecular weight is 261 g/mol. The van der Waals surface area contributed by atoms with Crippen molar-refractivity contribution in [3.05, 3.63) is 65.0 Å². The van der Waals surface area contributed by atoms with Crippen LogP contribution in [0.2, 0.25) is 0 Å². The van der Waals surface area contributed by atoms with Crippen LogP contribution < -0.4 is 5.73 Å². The van der Waals surface area contributed by atoms with Gasteiger partial charge in [0, 0.05) is 17.2 Å². The Bertz CT molecular complexity index is 540. The van der Waals surface area contributed by atoms with Crippen molar-refractivity contribution < 1.29 is 4.39 Å². The van der Waals surface area contributed by atoms with Crippen molar-refractivity contribution in [1.82, 2.24) is 0 Å². The standard InChI is InChI=1S/C15H16FNS/c1-11-7-14(16)6-5-13(11)10-18-15-4-2-3-12(8-15)9-17/h2-8H,9-10,17H2,1H3. The third-order valence-corrected chi connectivity index (χ3v) is 3.88. The first-order chi connectivity index (χ1) is 8.69. The first kappa shape index (κ1) is 13.1. The number of halogens is 1. The van der Waals surface area contributed by atoms with Crippen molar-refractivity contribution >= 4 is 11.8 Å². The van der Waals surface area contributed by atoms with Crippen molar-refractivity contribution in [2.24, 2.45) is 5.73 Å². The van der Waals surface area contributed by atoms with Crippen LogP contribution in [0.3, 0.4) is 0 Å². The third kappa shape index (κ3) is 3.34. The van der Waals surface area contributed by atoms with Gasteiger partial charge < -0.3 is 5.73 Å². The Balaban J connectivity index is 2.06. The quantitative estimate of drug-likeness (QED) is 0.845. The minimum absolute atomic E-state index is 0.175. The predicted octanol–water partition coefficient (Wildman–Crippen LogP) is 3.89. The molecule has 2 aromatic rings. The van der Waals surface area contributed by atoms with E-state index in [4.69, 9.17) is 5.73 Å². The van der Waals surface area contributed by atoms with Gasteiger partial charge in [0.05, 0.1) is 0 Å². The Morgan fingerprint density at radius 3 is 2.72 bits per heavy atom. The first-order valence-electron chi connectivity index (χ1n) is 5.86. The second kappa shape index (κ2) is 6.03. The number of aryl methyl sites for hydroxylation is 1. The molecule has 1 nitrogen and oxygen atoms in total. The molecular weight excluding hydrogens is 245 g/mol. The van der Waals surface area contributed by atoms with Gasteiger partial charge in [0.1, 0.15) is 5.82 Å². The molecule has 0 aliphatic heterocycles. The Morgan fingerprint density at radius 2 is 2.00 bits per heavy atom. The number of rotatable bonds is 4. The normalized spacial score (nSPS) is 10.6. The van der Waals surface area contributed by atoms with Crippen LogP contribution in [0, 0.1) is 12.7 Å². The third-order valence-electron chi connectivity index (χ3n) is 2.83. The van der Waals surface area contributed by atoms with E-state index in [1.165, 1.54) is 16.5 Å². The van der Waals surface area contributed by atoms with Crippen LogP contribution in [-0.2, 0) is 12.3 Å². The molecule has 0 aliphatic carbocycles. The molecule has 0 fully saturated rings. The highest BCUT2D eigenvalue weighted by Crippen LogP contribution is 2.25. The van der Waals surface area contributed by atoms with Crippen LogP contribution in [0.25, 0.3) is 0 Å². The molecule has 94 valence electrons. The highest BCUT2D eigenvalue weighted by atomic mass is 32.2. The van der Waals surface area contributed by atoms with Crippen molar-refractivity contribution in [3.63, 3.8) is 0 Å². The molecule has 0 heterocycles. The maximum absolute atomic E-state index is 13.0. The van der Waals surface area contributed by atoms with Crippen LogP contribution in [0.4, 0.5) is 4.39 Å². The summed E-state index contributed by atoms with van der Waals surface area (Å²) in [7, 11) is 0. The lowest BCUT2D eigenvalue weighted by Crippen LogP contribution is -1.95. The van der Waals surface area contributed by atoms with Gasteiger partial charge in [0.25, 0.3) is 0 Å². The molecule has 0 aliphatic rings. The van der Waals surface area contributed by atoms with Gasteiger partial charge in [-0.05, 0) is 47.9 Å². The Hall–Kier alpha value is -1.32. The summed E-state index contributed by atoms with van der Waals surface area (Å²) in [5.41, 5.74) is 8.91. The minimum atomic E-state index is -0.175. The van der Waals surface area contributed by atoms with E-state index in [2.05, 4.69) is 12.1 Å². The van der Waals surface area contributed by atoms with Gasteiger partial charge >= 0.3 is 0 Å². The molecule has 18 heavy (non-hydrogen) atoms. The minimum Gasteiger partial charge on any atom is -0.326 e. The molecule has 0 amide bonds. The van der Waals surface area contributed by atoms with Crippen molar-refractivity contribution in [2.75, 3.05) is 0 Å². The summed E-state index contributed by atoms with van der Waals surface area (Å²) < 4.78 is 13.0. The summed E-state index contributed by atoms with van der Waals surface area (Å²) in [5, 5.41) is 0. The van der Waals surface area contributed by atoms with Gasteiger partial charge in [-0.3, -0.25) is 0 Å². The summed E-state index contributed by atoms with van der Waals surface area (Å²) in [4.78, 5) is 1.20. The van der Waals surface area contributed by atoms with E-state index in [1.807, 2.05) is 25.1 Å². The van der Waals surface area contributed by atoms with E-state index in [0.717, 1.165) is 16.9 Å². The SMILES string of the molecule is Cc1cc(F)ccc1CSc1cccc(CN)c1. The van der Waals surface area contributed by atoms with Crippen molar-refractivity contribution in [3.8, 4) is 0 Å². The fourth-order valence-corrected chi connectivity index (χ4v) is 2.80. The fourth-order valence-electron chi connectivity index (χ4n) is 1.74. The van der Waals surface area contributed by atoms with Crippen LogP contribution in [-0.4, -0.2) is 0 Å². The molecular formula is C15H16FNS. The van der Waals surface area contributed by atoms with Crippen LogP contribution in [0.15, 0.2) is 47.4 Å². The lowest BCUT2D eigenvalue weighted by molar-refractivity contribution is 0.626. The number of benzene rings is 2. The molecule has 2 aromatic carbocycles. The molecule has 0 radical (unpaired) electrons. The van der Waals surface area contributed by atoms with Crippen molar-refractivity contribution in [1.29, 1.82) is 0 Å².